The molecule has 0 radical (unpaired) electrons. The van der Waals surface area contributed by atoms with Gasteiger partial charge in [-0.2, -0.15) is 18.4 Å². The normalized spacial score (nSPS) is 17.1. The quantitative estimate of drug-likeness (QED) is 0.840. The SMILES string of the molecule is CC(C)N1CCN(c2ccc(C(F)(F)F)cc2C#N)CC1. The molecule has 1 aromatic carbocycles. The Morgan fingerprint density at radius 1 is 1.14 bits per heavy atom. The molecule has 1 fully saturated rings. The highest BCUT2D eigenvalue weighted by molar-refractivity contribution is 5.61. The molecule has 1 aliphatic heterocycles. The lowest BCUT2D eigenvalue weighted by molar-refractivity contribution is -0.137. The third kappa shape index (κ3) is 3.48. The van der Waals surface area contributed by atoms with Crippen LogP contribution in [0.3, 0.4) is 0 Å². The van der Waals surface area contributed by atoms with E-state index in [0.29, 0.717) is 11.7 Å². The van der Waals surface area contributed by atoms with Crippen molar-refractivity contribution in [2.24, 2.45) is 0 Å². The first kappa shape index (κ1) is 15.6. The number of hydrogen-bond acceptors (Lipinski definition) is 3. The summed E-state index contributed by atoms with van der Waals surface area (Å²) in [6, 6.07) is 5.73. The summed E-state index contributed by atoms with van der Waals surface area (Å²) in [7, 11) is 0. The van der Waals surface area contributed by atoms with Crippen molar-refractivity contribution in [3.05, 3.63) is 29.3 Å². The predicted octanol–water partition coefficient (Wildman–Crippen LogP) is 3.11. The Morgan fingerprint density at radius 2 is 1.76 bits per heavy atom. The summed E-state index contributed by atoms with van der Waals surface area (Å²) in [5.74, 6) is 0. The van der Waals surface area contributed by atoms with E-state index in [0.717, 1.165) is 38.3 Å². The first-order valence-corrected chi connectivity index (χ1v) is 6.93. The largest absolute Gasteiger partial charge is 0.416 e. The molecule has 0 saturated carbocycles. The number of hydrogen-bond donors (Lipinski definition) is 0. The Labute approximate surface area is 122 Å². The highest BCUT2D eigenvalue weighted by atomic mass is 19.4. The van der Waals surface area contributed by atoms with Crippen molar-refractivity contribution in [2.45, 2.75) is 26.1 Å². The van der Waals surface area contributed by atoms with Crippen LogP contribution in [0.15, 0.2) is 18.2 Å². The van der Waals surface area contributed by atoms with Crippen LogP contribution in [0.5, 0.6) is 0 Å². The summed E-state index contributed by atoms with van der Waals surface area (Å²) in [6.45, 7) is 7.38. The first-order chi connectivity index (χ1) is 9.82. The molecule has 0 spiro atoms. The minimum Gasteiger partial charge on any atom is -0.368 e. The number of nitrogens with zero attached hydrogens (tertiary/aromatic N) is 3. The first-order valence-electron chi connectivity index (χ1n) is 6.93. The van der Waals surface area contributed by atoms with Gasteiger partial charge >= 0.3 is 6.18 Å². The third-order valence-electron chi connectivity index (χ3n) is 3.83. The minimum absolute atomic E-state index is 0.0859. The van der Waals surface area contributed by atoms with Gasteiger partial charge in [-0.1, -0.05) is 0 Å². The molecule has 1 aromatic rings. The van der Waals surface area contributed by atoms with Gasteiger partial charge in [-0.25, -0.2) is 0 Å². The zero-order valence-corrected chi connectivity index (χ0v) is 12.1. The Balaban J connectivity index is 2.20. The van der Waals surface area contributed by atoms with Crippen molar-refractivity contribution in [3.63, 3.8) is 0 Å². The fourth-order valence-corrected chi connectivity index (χ4v) is 2.56. The Morgan fingerprint density at radius 3 is 2.24 bits per heavy atom. The summed E-state index contributed by atoms with van der Waals surface area (Å²) in [4.78, 5) is 4.30. The van der Waals surface area contributed by atoms with Crippen LogP contribution in [0.25, 0.3) is 0 Å². The summed E-state index contributed by atoms with van der Waals surface area (Å²) in [5.41, 5.74) is -0.0969. The predicted molar refractivity (Wildman–Crippen MR) is 75.1 cm³/mol. The number of anilines is 1. The van der Waals surface area contributed by atoms with Gasteiger partial charge in [0.2, 0.25) is 0 Å². The van der Waals surface area contributed by atoms with Crippen molar-refractivity contribution < 1.29 is 13.2 Å². The van der Waals surface area contributed by atoms with Crippen molar-refractivity contribution in [1.82, 2.24) is 4.90 Å². The van der Waals surface area contributed by atoms with Crippen molar-refractivity contribution in [3.8, 4) is 6.07 Å². The number of halogens is 3. The van der Waals surface area contributed by atoms with Gasteiger partial charge in [-0.05, 0) is 32.0 Å². The maximum atomic E-state index is 12.7. The third-order valence-corrected chi connectivity index (χ3v) is 3.83. The lowest BCUT2D eigenvalue weighted by Gasteiger charge is -2.38. The maximum Gasteiger partial charge on any atom is 0.416 e. The fraction of sp³-hybridized carbons (Fsp3) is 0.533. The van der Waals surface area contributed by atoms with E-state index in [-0.39, 0.29) is 5.56 Å². The molecule has 114 valence electrons. The molecule has 2 rings (SSSR count). The molecule has 0 atom stereocenters. The molecular formula is C15H18F3N3. The van der Waals surface area contributed by atoms with Crippen LogP contribution < -0.4 is 4.90 Å². The lowest BCUT2D eigenvalue weighted by atomic mass is 10.1. The van der Waals surface area contributed by atoms with E-state index >= 15 is 0 Å². The zero-order chi connectivity index (χ0) is 15.6. The van der Waals surface area contributed by atoms with Gasteiger partial charge < -0.3 is 4.90 Å². The van der Waals surface area contributed by atoms with Crippen molar-refractivity contribution in [1.29, 1.82) is 5.26 Å². The van der Waals surface area contributed by atoms with Crippen LogP contribution in [0.4, 0.5) is 18.9 Å². The van der Waals surface area contributed by atoms with Crippen LogP contribution >= 0.6 is 0 Å². The number of rotatable bonds is 2. The van der Waals surface area contributed by atoms with Crippen molar-refractivity contribution in [2.75, 3.05) is 31.1 Å². The van der Waals surface area contributed by atoms with Gasteiger partial charge in [-0.15, -0.1) is 0 Å². The van der Waals surface area contributed by atoms with E-state index in [4.69, 9.17) is 5.26 Å². The van der Waals surface area contributed by atoms with E-state index < -0.39 is 11.7 Å². The molecule has 21 heavy (non-hydrogen) atoms. The van der Waals surface area contributed by atoms with Gasteiger partial charge in [0.15, 0.2) is 0 Å². The molecule has 0 N–H and O–H groups in total. The van der Waals surface area contributed by atoms with E-state index in [1.165, 1.54) is 6.07 Å². The number of piperazine rings is 1. The molecule has 0 bridgehead atoms. The average molecular weight is 297 g/mol. The topological polar surface area (TPSA) is 30.3 Å². The van der Waals surface area contributed by atoms with Gasteiger partial charge in [0.1, 0.15) is 6.07 Å². The van der Waals surface area contributed by atoms with Crippen molar-refractivity contribution >= 4 is 5.69 Å². The number of nitriles is 1. The molecule has 0 unspecified atom stereocenters. The summed E-state index contributed by atoms with van der Waals surface area (Å²) >= 11 is 0. The van der Waals surface area contributed by atoms with Gasteiger partial charge in [-0.3, -0.25) is 4.90 Å². The summed E-state index contributed by atoms with van der Waals surface area (Å²) in [5, 5.41) is 9.13. The standard InChI is InChI=1S/C15H18F3N3/c1-11(2)20-5-7-21(8-6-20)14-4-3-13(15(16,17)18)9-12(14)10-19/h3-4,9,11H,5-8H2,1-2H3. The second kappa shape index (κ2) is 5.94. The number of benzene rings is 1. The molecule has 0 aliphatic carbocycles. The minimum atomic E-state index is -4.42. The van der Waals surface area contributed by atoms with E-state index in [1.54, 1.807) is 0 Å². The van der Waals surface area contributed by atoms with Gasteiger partial charge in [0.05, 0.1) is 16.8 Å². The van der Waals surface area contributed by atoms with Gasteiger partial charge in [0, 0.05) is 32.2 Å². The Bertz CT molecular complexity index is 538. The Kier molecular flexibility index (Phi) is 4.43. The lowest BCUT2D eigenvalue weighted by Crippen LogP contribution is -2.49. The molecule has 0 aromatic heterocycles. The molecular weight excluding hydrogens is 279 g/mol. The van der Waals surface area contributed by atoms with Gasteiger partial charge in [0.25, 0.3) is 0 Å². The summed E-state index contributed by atoms with van der Waals surface area (Å²) in [6.07, 6.45) is -4.42. The van der Waals surface area contributed by atoms with Crippen LogP contribution in [-0.2, 0) is 6.18 Å². The molecule has 3 nitrogen and oxygen atoms in total. The average Bonchev–Trinajstić information content (AvgIpc) is 2.45. The molecule has 6 heteroatoms. The smallest absolute Gasteiger partial charge is 0.368 e. The number of alkyl halides is 3. The Hall–Kier alpha value is -1.74. The fourth-order valence-electron chi connectivity index (χ4n) is 2.56. The van der Waals surface area contributed by atoms with E-state index in [2.05, 4.69) is 18.7 Å². The monoisotopic (exact) mass is 297 g/mol. The second-order valence-electron chi connectivity index (χ2n) is 5.46. The highest BCUT2D eigenvalue weighted by Crippen LogP contribution is 2.33. The molecule has 1 saturated heterocycles. The molecule has 0 amide bonds. The highest BCUT2D eigenvalue weighted by Gasteiger charge is 2.31. The van der Waals surface area contributed by atoms with Crippen LogP contribution in [0.2, 0.25) is 0 Å². The van der Waals surface area contributed by atoms with Crippen LogP contribution in [-0.4, -0.2) is 37.1 Å². The molecule has 1 heterocycles. The molecule has 1 aliphatic rings. The maximum absolute atomic E-state index is 12.7. The van der Waals surface area contributed by atoms with E-state index in [9.17, 15) is 13.2 Å². The summed E-state index contributed by atoms with van der Waals surface area (Å²) < 4.78 is 38.1. The van der Waals surface area contributed by atoms with Crippen LogP contribution in [0, 0.1) is 11.3 Å². The zero-order valence-electron chi connectivity index (χ0n) is 12.1. The van der Waals surface area contributed by atoms with Crippen LogP contribution in [0.1, 0.15) is 25.0 Å². The second-order valence-corrected chi connectivity index (χ2v) is 5.46. The van der Waals surface area contributed by atoms with E-state index in [1.807, 2.05) is 11.0 Å².